The fourth-order valence-electron chi connectivity index (χ4n) is 1.45. The zero-order chi connectivity index (χ0) is 12.1. The molecule has 0 aliphatic heterocycles. The number of rotatable bonds is 4. The van der Waals surface area contributed by atoms with E-state index in [9.17, 15) is 0 Å². The van der Waals surface area contributed by atoms with Gasteiger partial charge in [-0.15, -0.1) is 0 Å². The van der Waals surface area contributed by atoms with E-state index in [1.165, 1.54) is 0 Å². The monoisotopic (exact) mass is 229 g/mol. The van der Waals surface area contributed by atoms with E-state index in [1.54, 1.807) is 19.5 Å². The van der Waals surface area contributed by atoms with Crippen LogP contribution >= 0.6 is 0 Å². The van der Waals surface area contributed by atoms with Crippen molar-refractivity contribution in [1.29, 1.82) is 0 Å². The molecule has 1 heterocycles. The van der Waals surface area contributed by atoms with E-state index >= 15 is 0 Å². The number of aromatic nitrogens is 2. The van der Waals surface area contributed by atoms with Crippen LogP contribution in [-0.2, 0) is 6.54 Å². The summed E-state index contributed by atoms with van der Waals surface area (Å²) in [6, 6.07) is 7.91. The van der Waals surface area contributed by atoms with E-state index in [-0.39, 0.29) is 0 Å². The molecule has 4 heteroatoms. The Kier molecular flexibility index (Phi) is 3.55. The summed E-state index contributed by atoms with van der Waals surface area (Å²) < 4.78 is 5.16. The number of nitrogens with zero attached hydrogens (tertiary/aromatic N) is 2. The number of ether oxygens (including phenoxy) is 1. The molecular weight excluding hydrogens is 214 g/mol. The molecule has 0 saturated heterocycles. The Morgan fingerprint density at radius 1 is 1.24 bits per heavy atom. The van der Waals surface area contributed by atoms with Crippen LogP contribution in [0.4, 0.5) is 5.95 Å². The van der Waals surface area contributed by atoms with Crippen LogP contribution in [0, 0.1) is 6.92 Å². The fourth-order valence-corrected chi connectivity index (χ4v) is 1.45. The van der Waals surface area contributed by atoms with Crippen molar-refractivity contribution in [1.82, 2.24) is 9.97 Å². The van der Waals surface area contributed by atoms with Crippen molar-refractivity contribution < 1.29 is 4.74 Å². The van der Waals surface area contributed by atoms with Gasteiger partial charge in [0.2, 0.25) is 5.95 Å². The van der Waals surface area contributed by atoms with Crippen molar-refractivity contribution in [2.75, 3.05) is 12.4 Å². The topological polar surface area (TPSA) is 47.0 Å². The summed E-state index contributed by atoms with van der Waals surface area (Å²) in [6.07, 6.45) is 3.59. The average molecular weight is 229 g/mol. The number of hydrogen-bond donors (Lipinski definition) is 1. The number of hydrogen-bond acceptors (Lipinski definition) is 4. The summed E-state index contributed by atoms with van der Waals surface area (Å²) in [5.74, 6) is 1.49. The summed E-state index contributed by atoms with van der Waals surface area (Å²) in [6.45, 7) is 2.64. The van der Waals surface area contributed by atoms with Crippen LogP contribution in [-0.4, -0.2) is 17.1 Å². The maximum Gasteiger partial charge on any atom is 0.222 e. The molecule has 0 aliphatic carbocycles. The van der Waals surface area contributed by atoms with Gasteiger partial charge in [0, 0.05) is 18.9 Å². The molecule has 0 fully saturated rings. The van der Waals surface area contributed by atoms with E-state index in [0.29, 0.717) is 12.5 Å². The van der Waals surface area contributed by atoms with Gasteiger partial charge in [0.15, 0.2) is 0 Å². The molecule has 0 amide bonds. The van der Waals surface area contributed by atoms with Gasteiger partial charge in [-0.1, -0.05) is 12.1 Å². The van der Waals surface area contributed by atoms with Crippen LogP contribution in [0.25, 0.3) is 0 Å². The van der Waals surface area contributed by atoms with E-state index in [0.717, 1.165) is 16.9 Å². The van der Waals surface area contributed by atoms with Gasteiger partial charge in [-0.3, -0.25) is 0 Å². The molecule has 2 rings (SSSR count). The second-order valence-electron chi connectivity index (χ2n) is 3.79. The molecule has 0 radical (unpaired) electrons. The quantitative estimate of drug-likeness (QED) is 0.874. The van der Waals surface area contributed by atoms with Crippen molar-refractivity contribution >= 4 is 5.95 Å². The van der Waals surface area contributed by atoms with Crippen LogP contribution in [0.2, 0.25) is 0 Å². The van der Waals surface area contributed by atoms with Crippen molar-refractivity contribution in [3.05, 3.63) is 47.8 Å². The Morgan fingerprint density at radius 3 is 2.71 bits per heavy atom. The third kappa shape index (κ3) is 3.17. The Morgan fingerprint density at radius 2 is 2.00 bits per heavy atom. The minimum atomic E-state index is 0.637. The summed E-state index contributed by atoms with van der Waals surface area (Å²) in [5, 5.41) is 3.16. The van der Waals surface area contributed by atoms with Crippen LogP contribution in [0.3, 0.4) is 0 Å². The Balaban J connectivity index is 1.99. The number of benzene rings is 1. The Bertz CT molecular complexity index is 482. The van der Waals surface area contributed by atoms with Gasteiger partial charge in [-0.05, 0) is 30.2 Å². The van der Waals surface area contributed by atoms with Gasteiger partial charge in [0.1, 0.15) is 5.75 Å². The minimum Gasteiger partial charge on any atom is -0.497 e. The zero-order valence-corrected chi connectivity index (χ0v) is 9.97. The maximum absolute atomic E-state index is 5.16. The van der Waals surface area contributed by atoms with Crippen molar-refractivity contribution in [3.8, 4) is 5.75 Å². The highest BCUT2D eigenvalue weighted by Crippen LogP contribution is 2.13. The van der Waals surface area contributed by atoms with Crippen LogP contribution in [0.5, 0.6) is 5.75 Å². The molecule has 0 spiro atoms. The largest absolute Gasteiger partial charge is 0.497 e. The molecule has 88 valence electrons. The molecule has 4 nitrogen and oxygen atoms in total. The average Bonchev–Trinajstić information content (AvgIpc) is 2.38. The summed E-state index contributed by atoms with van der Waals surface area (Å²) in [5.41, 5.74) is 2.19. The first kappa shape index (κ1) is 11.4. The van der Waals surface area contributed by atoms with Crippen molar-refractivity contribution in [3.63, 3.8) is 0 Å². The normalized spacial score (nSPS) is 10.0. The first-order chi connectivity index (χ1) is 8.28. The molecule has 17 heavy (non-hydrogen) atoms. The standard InChI is InChI=1S/C13H15N3O/c1-10-7-14-13(15-8-10)16-9-11-4-3-5-12(6-11)17-2/h3-8H,9H2,1-2H3,(H,14,15,16). The summed E-state index contributed by atoms with van der Waals surface area (Å²) >= 11 is 0. The lowest BCUT2D eigenvalue weighted by Gasteiger charge is -2.06. The van der Waals surface area contributed by atoms with Crippen LogP contribution in [0.15, 0.2) is 36.7 Å². The predicted octanol–water partition coefficient (Wildman–Crippen LogP) is 2.41. The predicted molar refractivity (Wildman–Crippen MR) is 67.1 cm³/mol. The van der Waals surface area contributed by atoms with Gasteiger partial charge < -0.3 is 10.1 Å². The first-order valence-electron chi connectivity index (χ1n) is 5.43. The lowest BCUT2D eigenvalue weighted by molar-refractivity contribution is 0.414. The molecule has 1 N–H and O–H groups in total. The Hall–Kier alpha value is -2.10. The number of methoxy groups -OCH3 is 1. The van der Waals surface area contributed by atoms with Crippen molar-refractivity contribution in [2.45, 2.75) is 13.5 Å². The number of anilines is 1. The Labute approximate surface area is 101 Å². The third-order valence-corrected chi connectivity index (χ3v) is 2.37. The lowest BCUT2D eigenvalue weighted by atomic mass is 10.2. The second-order valence-corrected chi connectivity index (χ2v) is 3.79. The molecule has 0 bridgehead atoms. The van der Waals surface area contributed by atoms with Gasteiger partial charge in [-0.25, -0.2) is 9.97 Å². The maximum atomic E-state index is 5.16. The van der Waals surface area contributed by atoms with Gasteiger partial charge >= 0.3 is 0 Å². The first-order valence-corrected chi connectivity index (χ1v) is 5.43. The molecule has 0 saturated carbocycles. The minimum absolute atomic E-state index is 0.637. The molecule has 0 aliphatic rings. The fraction of sp³-hybridized carbons (Fsp3) is 0.231. The highest BCUT2D eigenvalue weighted by molar-refractivity contribution is 5.32. The number of nitrogens with one attached hydrogen (secondary N) is 1. The second kappa shape index (κ2) is 5.30. The van der Waals surface area contributed by atoms with Gasteiger partial charge in [0.25, 0.3) is 0 Å². The summed E-state index contributed by atoms with van der Waals surface area (Å²) in [7, 11) is 1.66. The molecule has 2 aromatic rings. The highest BCUT2D eigenvalue weighted by atomic mass is 16.5. The molecule has 0 atom stereocenters. The molecule has 0 unspecified atom stereocenters. The SMILES string of the molecule is COc1cccc(CNc2ncc(C)cn2)c1. The van der Waals surface area contributed by atoms with Gasteiger partial charge in [0.05, 0.1) is 7.11 Å². The van der Waals surface area contributed by atoms with E-state index in [1.807, 2.05) is 31.2 Å². The van der Waals surface area contributed by atoms with Crippen LogP contribution in [0.1, 0.15) is 11.1 Å². The van der Waals surface area contributed by atoms with Crippen molar-refractivity contribution in [2.24, 2.45) is 0 Å². The molecule has 1 aromatic carbocycles. The highest BCUT2D eigenvalue weighted by Gasteiger charge is 1.98. The zero-order valence-electron chi connectivity index (χ0n) is 9.97. The van der Waals surface area contributed by atoms with E-state index in [4.69, 9.17) is 4.74 Å². The van der Waals surface area contributed by atoms with E-state index < -0.39 is 0 Å². The molecule has 1 aromatic heterocycles. The summed E-state index contributed by atoms with van der Waals surface area (Å²) in [4.78, 5) is 8.36. The smallest absolute Gasteiger partial charge is 0.222 e. The lowest BCUT2D eigenvalue weighted by Crippen LogP contribution is -2.03. The van der Waals surface area contributed by atoms with E-state index in [2.05, 4.69) is 15.3 Å². The van der Waals surface area contributed by atoms with Crippen LogP contribution < -0.4 is 10.1 Å². The number of aryl methyl sites for hydroxylation is 1. The molecular formula is C13H15N3O. The van der Waals surface area contributed by atoms with Gasteiger partial charge in [-0.2, -0.15) is 0 Å². The third-order valence-electron chi connectivity index (χ3n) is 2.37.